The highest BCUT2D eigenvalue weighted by Crippen LogP contribution is 2.49. The molecule has 0 aromatic heterocycles. The number of allylic oxidation sites excluding steroid dienone is 3. The lowest BCUT2D eigenvalue weighted by Gasteiger charge is -2.47. The number of Topliss-reactive ketones (excluding diaryl/α,β-unsaturated/α-hetero) is 1. The van der Waals surface area contributed by atoms with Crippen LogP contribution in [0, 0.1) is 34.2 Å². The van der Waals surface area contributed by atoms with Crippen LogP contribution in [0.4, 0.5) is 4.79 Å². The van der Waals surface area contributed by atoms with Crippen LogP contribution >= 0.6 is 55.9 Å². The van der Waals surface area contributed by atoms with Gasteiger partial charge in [-0.2, -0.15) is 10.6 Å². The zero-order valence-electron chi connectivity index (χ0n) is 66.4. The smallest absolute Gasteiger partial charge is 0.411 e. The minimum absolute atomic E-state index is 0.00164. The zero-order valence-corrected chi connectivity index (χ0v) is 71.0. The average molecular weight is 1770 g/mol. The Morgan fingerprint density at radius 2 is 1.55 bits per heavy atom. The highest BCUT2D eigenvalue weighted by atomic mass is 127. The summed E-state index contributed by atoms with van der Waals surface area (Å²) in [5, 5.41) is 65.4. The van der Waals surface area contributed by atoms with E-state index in [2.05, 4.69) is 45.0 Å². The number of carbonyl (C=O) groups is 7. The Labute approximate surface area is 688 Å². The molecular formula is C77H103IN6O27S3. The molecule has 5 aliphatic heterocycles. The van der Waals surface area contributed by atoms with Crippen LogP contribution in [0.5, 0.6) is 23.0 Å². The summed E-state index contributed by atoms with van der Waals surface area (Å²) in [5.74, 6) is 9.54. The van der Waals surface area contributed by atoms with Gasteiger partial charge in [0.2, 0.25) is 23.1 Å². The van der Waals surface area contributed by atoms with Crippen molar-refractivity contribution < 1.29 is 130 Å². The predicted molar refractivity (Wildman–Crippen MR) is 425 cm³/mol. The van der Waals surface area contributed by atoms with E-state index < -0.39 is 161 Å². The molecule has 114 heavy (non-hydrogen) atoms. The first kappa shape index (κ1) is 92.8. The number of methoxy groups -OCH3 is 5. The third kappa shape index (κ3) is 23.4. The topological polar surface area (TPSA) is 414 Å². The standard InChI is InChI=1S/C77H103IN6O27S3/c1-17-19-20-21-22-24-51(59-47(77(11,96)37-50(87)62(59)79-75(95)101-16)32-34-112-114-76(9,10)82-80-40(4)45-26-28-46(29-27-45)102-33-23-25-55(90)111-84-53(88)30-31-54(84)89)107-74-69(108-56-36-52(97-12)48(38-103-56)83(18-2)44(8)85)64(92)61(41(5)105-74)81-110-57-35-49(86)71(43(7)104-57)113-72(94)58-39(3)60(78)67(70(100-15)66(58)98-13)109-73-65(93)68(99-14)63(91)42(6)106-73/h20-21,26-29,32,41-43,48-49,51-52,56-57,61,63-65,68-69,71,73-74,81-82,86,91-93,96H,18,23,25,30-31,33-38H2,1-16H3,(H,79,95)/b21-20-,47-32+,80-40+/t41?,42?,43?,48?,49?,51-,52?,56?,57?,61?,63?,64?,65?,68?,69?,71?,73?,74?,77-/m0/s1. The quantitative estimate of drug-likeness (QED) is 0.00634. The van der Waals surface area contributed by atoms with E-state index in [4.69, 9.17) is 71.3 Å². The second kappa shape index (κ2) is 42.6. The number of nitrogens with zero attached hydrogens (tertiary/aromatic N) is 3. The van der Waals surface area contributed by atoms with Crippen molar-refractivity contribution in [2.75, 3.05) is 61.1 Å². The van der Waals surface area contributed by atoms with Gasteiger partial charge in [0, 0.05) is 71.1 Å². The lowest BCUT2D eigenvalue weighted by Crippen LogP contribution is -2.65. The summed E-state index contributed by atoms with van der Waals surface area (Å²) < 4.78 is 79.3. The van der Waals surface area contributed by atoms with Crippen molar-refractivity contribution in [3.05, 3.63) is 79.6 Å². The molecule has 5 saturated heterocycles. The number of aliphatic hydroxyl groups is 5. The molecule has 0 saturated carbocycles. The van der Waals surface area contributed by atoms with Gasteiger partial charge in [0.1, 0.15) is 47.2 Å². The zero-order chi connectivity index (χ0) is 83.6. The summed E-state index contributed by atoms with van der Waals surface area (Å²) >= 11 is 2.78. The van der Waals surface area contributed by atoms with Crippen molar-refractivity contribution in [2.24, 2.45) is 5.10 Å². The van der Waals surface area contributed by atoms with Gasteiger partial charge >= 0.3 is 12.1 Å². The molecule has 2 aromatic carbocycles. The number of amides is 4. The minimum Gasteiger partial charge on any atom is -0.494 e. The van der Waals surface area contributed by atoms with E-state index in [1.807, 2.05) is 62.4 Å². The third-order valence-corrected chi connectivity index (χ3v) is 25.0. The van der Waals surface area contributed by atoms with Gasteiger partial charge in [0.25, 0.3) is 11.8 Å². The number of hydrogen-bond donors (Lipinski definition) is 8. The number of likely N-dealkylation sites (N-methyl/N-ethyl adjacent to an activating group) is 1. The molecule has 33 nitrogen and oxygen atoms in total. The third-order valence-electron chi connectivity index (χ3n) is 19.4. The summed E-state index contributed by atoms with van der Waals surface area (Å²) in [7, 11) is 9.39. The van der Waals surface area contributed by atoms with E-state index in [0.29, 0.717) is 32.2 Å². The van der Waals surface area contributed by atoms with Gasteiger partial charge in [0.15, 0.2) is 36.2 Å². The summed E-state index contributed by atoms with van der Waals surface area (Å²) in [5.41, 5.74) is 5.78. The first-order valence-electron chi connectivity index (χ1n) is 36.9. The maximum Gasteiger partial charge on any atom is 0.411 e. The summed E-state index contributed by atoms with van der Waals surface area (Å²) in [6, 6.07) is 5.39. The van der Waals surface area contributed by atoms with Gasteiger partial charge in [0.05, 0.1) is 115 Å². The van der Waals surface area contributed by atoms with Crippen LogP contribution in [0.3, 0.4) is 0 Å². The lowest BCUT2D eigenvalue weighted by molar-refractivity contribution is -0.337. The fourth-order valence-electron chi connectivity index (χ4n) is 13.4. The molecule has 6 aliphatic rings. The van der Waals surface area contributed by atoms with E-state index in [1.54, 1.807) is 57.7 Å². The number of aliphatic hydroxyl groups excluding tert-OH is 4. The first-order valence-corrected chi connectivity index (χ1v) is 41.2. The largest absolute Gasteiger partial charge is 0.494 e. The molecule has 0 radical (unpaired) electrons. The van der Waals surface area contributed by atoms with Gasteiger partial charge in [-0.05, 0) is 151 Å². The van der Waals surface area contributed by atoms with Crippen LogP contribution in [-0.2, 0) is 76.3 Å². The fourth-order valence-corrected chi connectivity index (χ4v) is 17.3. The van der Waals surface area contributed by atoms with Gasteiger partial charge in [-0.3, -0.25) is 39.6 Å². The van der Waals surface area contributed by atoms with E-state index in [0.717, 1.165) is 24.4 Å². The van der Waals surface area contributed by atoms with Crippen LogP contribution in [0.25, 0.3) is 0 Å². The van der Waals surface area contributed by atoms with Gasteiger partial charge < -0.3 is 96.8 Å². The Morgan fingerprint density at radius 1 is 0.868 bits per heavy atom. The number of ketones is 1. The molecule has 5 heterocycles. The number of hydroxylamine groups is 3. The first-order chi connectivity index (χ1) is 54.2. The van der Waals surface area contributed by atoms with Crippen LogP contribution < -0.4 is 35.2 Å². The highest BCUT2D eigenvalue weighted by Gasteiger charge is 2.52. The Bertz CT molecular complexity index is 3990. The maximum atomic E-state index is 14.6. The molecule has 8 rings (SSSR count). The number of benzene rings is 2. The molecule has 19 atom stereocenters. The van der Waals surface area contributed by atoms with E-state index in [9.17, 15) is 59.1 Å². The van der Waals surface area contributed by atoms with Crippen molar-refractivity contribution in [1.29, 1.82) is 0 Å². The van der Waals surface area contributed by atoms with Crippen molar-refractivity contribution in [1.82, 2.24) is 26.2 Å². The predicted octanol–water partition coefficient (Wildman–Crippen LogP) is 5.72. The Morgan fingerprint density at radius 3 is 2.18 bits per heavy atom. The minimum atomic E-state index is -1.94. The maximum absolute atomic E-state index is 14.6. The van der Waals surface area contributed by atoms with E-state index in [1.165, 1.54) is 76.0 Å². The van der Waals surface area contributed by atoms with Gasteiger partial charge in [-0.25, -0.2) is 9.59 Å². The number of alkyl carbamates (subject to hydrolysis) is 1. The van der Waals surface area contributed by atoms with Crippen molar-refractivity contribution >= 4 is 102 Å². The number of nitrogens with one attached hydrogen (secondary N) is 3. The molecule has 17 unspecified atom stereocenters. The van der Waals surface area contributed by atoms with E-state index >= 15 is 0 Å². The monoisotopic (exact) mass is 1770 g/mol. The van der Waals surface area contributed by atoms with Crippen LogP contribution in [-0.4, -0.2) is 263 Å². The van der Waals surface area contributed by atoms with Crippen molar-refractivity contribution in [2.45, 2.75) is 241 Å². The Balaban J connectivity index is 1.01. The summed E-state index contributed by atoms with van der Waals surface area (Å²) in [6.07, 6.45) is -15.4. The van der Waals surface area contributed by atoms with E-state index in [-0.39, 0.29) is 103 Å². The molecule has 8 N–H and O–H groups in total. The molecule has 628 valence electrons. The number of imide groups is 1. The molecule has 5 fully saturated rings. The number of hydrogen-bond acceptors (Lipinski definition) is 33. The molecule has 1 aliphatic carbocycles. The lowest BCUT2D eigenvalue weighted by atomic mass is 9.76. The molecule has 37 heteroatoms. The average Bonchev–Trinajstić information content (AvgIpc) is 0.803. The summed E-state index contributed by atoms with van der Waals surface area (Å²) in [4.78, 5) is 103. The molecule has 0 spiro atoms. The number of carbonyl (C=O) groups excluding carboxylic acids is 7. The number of hydrazone groups is 1. The second-order valence-corrected chi connectivity index (χ2v) is 33.2. The number of rotatable bonds is 32. The Kier molecular flexibility index (Phi) is 34.7. The van der Waals surface area contributed by atoms with Crippen molar-refractivity contribution in [3.8, 4) is 46.7 Å². The normalized spacial score (nSPS) is 29.4. The van der Waals surface area contributed by atoms with Crippen LogP contribution in [0.1, 0.15) is 136 Å². The summed E-state index contributed by atoms with van der Waals surface area (Å²) in [6.45, 7) is 18.9. The highest BCUT2D eigenvalue weighted by molar-refractivity contribution is 14.1. The van der Waals surface area contributed by atoms with Gasteiger partial charge in [-0.15, -0.1) is 11.0 Å². The SMILES string of the molecule is CC#C/C=C\C#C[C@H](OC1OC(C)C(NOC2CC(O)C(SC(=O)c3c(C)c(I)c(OC4OC(C)C(O)C(OC)C4O)c(OC)c3OC)C(C)O2)C(O)C1OC1CC(OC)C(N(CC)C(C)=O)CO1)C1=C(NC(=O)OC)C(=O)C[C@](C)(O)/C1=C/CSSC(C)(C)N/N=C(\C)c1ccc(OCCCC(=O)ON2C(=O)CCC2=O)cc1. The molecule has 0 bridgehead atoms. The van der Waals surface area contributed by atoms with Crippen LogP contribution in [0.15, 0.2) is 64.4 Å². The fraction of sp³-hybridized carbons (Fsp3) is 0.610. The number of ether oxygens (including phenoxy) is 13. The van der Waals surface area contributed by atoms with Gasteiger partial charge in [-0.1, -0.05) is 57.2 Å². The number of thioether (sulfide) groups is 1. The molecular weight excluding hydrogens is 1660 g/mol. The Hall–Kier alpha value is -6.68. The second-order valence-electron chi connectivity index (χ2n) is 28.0. The number of halogens is 1. The van der Waals surface area contributed by atoms with Crippen LogP contribution in [0.2, 0.25) is 0 Å². The van der Waals surface area contributed by atoms with Crippen molar-refractivity contribution in [3.63, 3.8) is 0 Å². The molecule has 2 aromatic rings. The molecule has 4 amide bonds.